The van der Waals surface area contributed by atoms with Crippen molar-refractivity contribution >= 4 is 40.4 Å². The quantitative estimate of drug-likeness (QED) is 0.871. The number of benzene rings is 1. The summed E-state index contributed by atoms with van der Waals surface area (Å²) in [4.78, 5) is 16.9. The van der Waals surface area contributed by atoms with Crippen LogP contribution >= 0.6 is 23.1 Å². The Hall–Kier alpha value is -1.72. The highest BCUT2D eigenvalue weighted by Gasteiger charge is 2.19. The van der Waals surface area contributed by atoms with E-state index in [-0.39, 0.29) is 12.5 Å². The van der Waals surface area contributed by atoms with Crippen LogP contribution in [-0.4, -0.2) is 22.5 Å². The number of fused-ring (bicyclic) bond motifs is 1. The van der Waals surface area contributed by atoms with Gasteiger partial charge in [0.05, 0.1) is 16.3 Å². The van der Waals surface area contributed by atoms with Gasteiger partial charge in [0.2, 0.25) is 5.91 Å². The molecule has 2 aromatic rings. The lowest BCUT2D eigenvalue weighted by atomic mass is 10.1. The standard InChI is InChI=1S/C12H8ClN3OS/c13-7-1-2-9-8(5-7)12(10-3-4-15-18-10)14-6-11(17)16-9/h1-5H,6H2,(H,16,17). The maximum absolute atomic E-state index is 11.6. The van der Waals surface area contributed by atoms with Gasteiger partial charge in [0.1, 0.15) is 6.54 Å². The fourth-order valence-electron chi connectivity index (χ4n) is 1.80. The molecule has 0 aliphatic carbocycles. The fourth-order valence-corrected chi connectivity index (χ4v) is 2.59. The smallest absolute Gasteiger partial charge is 0.246 e. The normalized spacial score (nSPS) is 14.5. The zero-order valence-electron chi connectivity index (χ0n) is 9.18. The second-order valence-corrected chi connectivity index (χ2v) is 5.05. The first-order valence-corrected chi connectivity index (χ1v) is 6.44. The van der Waals surface area contributed by atoms with E-state index in [2.05, 4.69) is 14.7 Å². The Balaban J connectivity index is 2.20. The molecule has 90 valence electrons. The molecule has 0 radical (unpaired) electrons. The van der Waals surface area contributed by atoms with Crippen LogP contribution in [0.15, 0.2) is 35.5 Å². The highest BCUT2D eigenvalue weighted by Crippen LogP contribution is 2.26. The third-order valence-corrected chi connectivity index (χ3v) is 3.55. The number of carbonyl (C=O) groups excluding carboxylic acids is 1. The van der Waals surface area contributed by atoms with E-state index in [1.54, 1.807) is 24.4 Å². The second-order valence-electron chi connectivity index (χ2n) is 3.78. The first-order valence-electron chi connectivity index (χ1n) is 5.29. The molecule has 0 saturated heterocycles. The monoisotopic (exact) mass is 277 g/mol. The first-order chi connectivity index (χ1) is 8.74. The first kappa shape index (κ1) is 11.4. The largest absolute Gasteiger partial charge is 0.324 e. The number of benzodiazepines with no additional fused rings is 1. The number of nitrogens with zero attached hydrogens (tertiary/aromatic N) is 2. The summed E-state index contributed by atoms with van der Waals surface area (Å²) in [7, 11) is 0. The molecular formula is C12H8ClN3OS. The summed E-state index contributed by atoms with van der Waals surface area (Å²) in [6, 6.07) is 7.22. The summed E-state index contributed by atoms with van der Waals surface area (Å²) < 4.78 is 4.06. The average Bonchev–Trinajstić information content (AvgIpc) is 2.81. The summed E-state index contributed by atoms with van der Waals surface area (Å²) in [6.07, 6.45) is 1.72. The van der Waals surface area contributed by atoms with Crippen LogP contribution in [0.25, 0.3) is 0 Å². The van der Waals surface area contributed by atoms with Gasteiger partial charge in [0.15, 0.2) is 0 Å². The van der Waals surface area contributed by atoms with Crippen LogP contribution in [-0.2, 0) is 4.79 Å². The van der Waals surface area contributed by atoms with Crippen molar-refractivity contribution in [2.45, 2.75) is 0 Å². The van der Waals surface area contributed by atoms with E-state index in [1.807, 2.05) is 6.07 Å². The molecule has 6 heteroatoms. The van der Waals surface area contributed by atoms with Gasteiger partial charge in [-0.1, -0.05) is 11.6 Å². The van der Waals surface area contributed by atoms with Crippen LogP contribution in [0.5, 0.6) is 0 Å². The minimum Gasteiger partial charge on any atom is -0.324 e. The maximum atomic E-state index is 11.6. The Bertz CT molecular complexity index is 637. The highest BCUT2D eigenvalue weighted by atomic mass is 35.5. The Labute approximate surface area is 112 Å². The summed E-state index contributed by atoms with van der Waals surface area (Å²) in [6.45, 7) is 0.111. The van der Waals surface area contributed by atoms with Crippen molar-refractivity contribution in [3.8, 4) is 0 Å². The molecule has 1 aromatic heterocycles. The predicted molar refractivity (Wildman–Crippen MR) is 72.7 cm³/mol. The van der Waals surface area contributed by atoms with Crippen molar-refractivity contribution in [3.05, 3.63) is 45.9 Å². The molecule has 1 N–H and O–H groups in total. The Morgan fingerprint density at radius 3 is 3.00 bits per heavy atom. The molecule has 0 unspecified atom stereocenters. The van der Waals surface area contributed by atoms with Crippen LogP contribution in [0, 0.1) is 0 Å². The van der Waals surface area contributed by atoms with Crippen LogP contribution < -0.4 is 5.32 Å². The number of halogens is 1. The Kier molecular flexibility index (Phi) is 2.85. The van der Waals surface area contributed by atoms with Gasteiger partial charge in [0, 0.05) is 16.8 Å². The fraction of sp³-hybridized carbons (Fsp3) is 0.0833. The van der Waals surface area contributed by atoms with E-state index in [9.17, 15) is 4.79 Å². The number of carbonyl (C=O) groups is 1. The van der Waals surface area contributed by atoms with Gasteiger partial charge in [0.25, 0.3) is 0 Å². The molecule has 18 heavy (non-hydrogen) atoms. The Morgan fingerprint density at radius 2 is 2.22 bits per heavy atom. The third kappa shape index (κ3) is 2.02. The van der Waals surface area contributed by atoms with E-state index in [4.69, 9.17) is 11.6 Å². The van der Waals surface area contributed by atoms with Gasteiger partial charge in [-0.15, -0.1) is 0 Å². The number of aromatic nitrogens is 1. The molecule has 0 fully saturated rings. The topological polar surface area (TPSA) is 54.4 Å². The van der Waals surface area contributed by atoms with Crippen molar-refractivity contribution in [2.75, 3.05) is 11.9 Å². The summed E-state index contributed by atoms with van der Waals surface area (Å²) >= 11 is 7.36. The van der Waals surface area contributed by atoms with Crippen LogP contribution in [0.2, 0.25) is 5.02 Å². The molecule has 4 nitrogen and oxygen atoms in total. The molecule has 0 atom stereocenters. The number of rotatable bonds is 1. The molecule has 1 aliphatic rings. The van der Waals surface area contributed by atoms with E-state index < -0.39 is 0 Å². The van der Waals surface area contributed by atoms with Crippen LogP contribution in [0.4, 0.5) is 5.69 Å². The van der Waals surface area contributed by atoms with Crippen molar-refractivity contribution in [2.24, 2.45) is 4.99 Å². The Morgan fingerprint density at radius 1 is 1.33 bits per heavy atom. The second kappa shape index (κ2) is 4.51. The number of hydrogen-bond donors (Lipinski definition) is 1. The predicted octanol–water partition coefficient (Wildman–Crippen LogP) is 2.59. The number of nitrogens with one attached hydrogen (secondary N) is 1. The zero-order valence-corrected chi connectivity index (χ0v) is 10.8. The molecule has 2 heterocycles. The molecule has 1 amide bonds. The number of anilines is 1. The third-order valence-electron chi connectivity index (χ3n) is 2.56. The molecule has 0 bridgehead atoms. The van der Waals surface area contributed by atoms with Gasteiger partial charge in [-0.3, -0.25) is 9.79 Å². The van der Waals surface area contributed by atoms with E-state index in [0.29, 0.717) is 5.02 Å². The van der Waals surface area contributed by atoms with Crippen LogP contribution in [0.3, 0.4) is 0 Å². The SMILES string of the molecule is O=C1CN=C(c2ccns2)c2cc(Cl)ccc2N1. The van der Waals surface area contributed by atoms with Crippen molar-refractivity contribution < 1.29 is 4.79 Å². The van der Waals surface area contributed by atoms with Gasteiger partial charge in [-0.05, 0) is 35.8 Å². The van der Waals surface area contributed by atoms with Crippen molar-refractivity contribution in [1.82, 2.24) is 4.37 Å². The molecule has 1 aliphatic heterocycles. The van der Waals surface area contributed by atoms with E-state index >= 15 is 0 Å². The maximum Gasteiger partial charge on any atom is 0.246 e. The lowest BCUT2D eigenvalue weighted by Gasteiger charge is -2.08. The molecule has 1 aromatic carbocycles. The lowest BCUT2D eigenvalue weighted by molar-refractivity contribution is -0.114. The molecule has 3 rings (SSSR count). The number of hydrogen-bond acceptors (Lipinski definition) is 4. The zero-order chi connectivity index (χ0) is 12.5. The van der Waals surface area contributed by atoms with E-state index in [1.165, 1.54) is 11.5 Å². The van der Waals surface area contributed by atoms with Gasteiger partial charge >= 0.3 is 0 Å². The summed E-state index contributed by atoms with van der Waals surface area (Å²) in [5.74, 6) is -0.127. The summed E-state index contributed by atoms with van der Waals surface area (Å²) in [5, 5.41) is 3.43. The number of aliphatic imine (C=N–C) groups is 1. The lowest BCUT2D eigenvalue weighted by Crippen LogP contribution is -2.13. The highest BCUT2D eigenvalue weighted by molar-refractivity contribution is 7.08. The molecule has 0 spiro atoms. The van der Waals surface area contributed by atoms with Crippen molar-refractivity contribution in [3.63, 3.8) is 0 Å². The van der Waals surface area contributed by atoms with Crippen LogP contribution in [0.1, 0.15) is 10.4 Å². The number of amides is 1. The van der Waals surface area contributed by atoms with Crippen molar-refractivity contribution in [1.29, 1.82) is 0 Å². The average molecular weight is 278 g/mol. The van der Waals surface area contributed by atoms with Gasteiger partial charge in [-0.2, -0.15) is 0 Å². The molecule has 0 saturated carbocycles. The van der Waals surface area contributed by atoms with Gasteiger partial charge < -0.3 is 5.32 Å². The minimum absolute atomic E-state index is 0.111. The summed E-state index contributed by atoms with van der Waals surface area (Å²) in [5.41, 5.74) is 2.32. The van der Waals surface area contributed by atoms with E-state index in [0.717, 1.165) is 21.8 Å². The van der Waals surface area contributed by atoms with Gasteiger partial charge in [-0.25, -0.2) is 4.37 Å². The minimum atomic E-state index is -0.127. The molecular weight excluding hydrogens is 270 g/mol.